The first-order chi connectivity index (χ1) is 10.5. The minimum absolute atomic E-state index is 0.169. The fourth-order valence-corrected chi connectivity index (χ4v) is 2.28. The molecule has 0 atom stereocenters. The maximum atomic E-state index is 11.3. The lowest BCUT2D eigenvalue weighted by Gasteiger charge is -2.02. The smallest absolute Gasteiger partial charge is 0.252 e. The van der Waals surface area contributed by atoms with Crippen LogP contribution < -0.4 is 17.2 Å². The summed E-state index contributed by atoms with van der Waals surface area (Å²) < 4.78 is 1.55. The molecule has 3 rings (SSSR count). The Morgan fingerprint density at radius 3 is 2.50 bits per heavy atom. The number of hydrogen-bond donors (Lipinski definition) is 3. The van der Waals surface area contributed by atoms with Gasteiger partial charge in [-0.25, -0.2) is 4.52 Å². The summed E-state index contributed by atoms with van der Waals surface area (Å²) in [5.41, 5.74) is 19.5. The maximum absolute atomic E-state index is 11.3. The molecule has 0 fully saturated rings. The van der Waals surface area contributed by atoms with Crippen molar-refractivity contribution in [3.8, 4) is 11.1 Å². The molecule has 2 amide bonds. The summed E-state index contributed by atoms with van der Waals surface area (Å²) in [6.07, 6.45) is 3.07. The minimum Gasteiger partial charge on any atom is -0.396 e. The van der Waals surface area contributed by atoms with Crippen LogP contribution in [0.2, 0.25) is 0 Å². The first-order valence-corrected chi connectivity index (χ1v) is 6.44. The monoisotopic (exact) mass is 295 g/mol. The molecule has 110 valence electrons. The average molecular weight is 295 g/mol. The van der Waals surface area contributed by atoms with Crippen molar-refractivity contribution < 1.29 is 9.59 Å². The predicted molar refractivity (Wildman–Crippen MR) is 82.1 cm³/mol. The highest BCUT2D eigenvalue weighted by atomic mass is 16.1. The molecule has 0 aliphatic carbocycles. The normalized spacial score (nSPS) is 10.7. The summed E-state index contributed by atoms with van der Waals surface area (Å²) in [7, 11) is 0. The fraction of sp³-hybridized carbons (Fsp3) is 0. The van der Waals surface area contributed by atoms with E-state index in [9.17, 15) is 9.59 Å². The van der Waals surface area contributed by atoms with Crippen molar-refractivity contribution in [2.24, 2.45) is 11.5 Å². The Bertz CT molecular complexity index is 913. The van der Waals surface area contributed by atoms with Crippen LogP contribution in [0.25, 0.3) is 16.6 Å². The Balaban J connectivity index is 2.17. The lowest BCUT2D eigenvalue weighted by Crippen LogP contribution is -2.15. The molecule has 7 heteroatoms. The maximum Gasteiger partial charge on any atom is 0.252 e. The van der Waals surface area contributed by atoms with Crippen LogP contribution in [0.15, 0.2) is 42.7 Å². The molecule has 7 nitrogen and oxygen atoms in total. The Kier molecular flexibility index (Phi) is 3.03. The van der Waals surface area contributed by atoms with Gasteiger partial charge in [-0.15, -0.1) is 0 Å². The minimum atomic E-state index is -0.633. The van der Waals surface area contributed by atoms with Crippen molar-refractivity contribution in [1.29, 1.82) is 0 Å². The van der Waals surface area contributed by atoms with Crippen LogP contribution in [0.4, 0.5) is 5.69 Å². The number of nitrogens with two attached hydrogens (primary N) is 3. The number of aromatic nitrogens is 2. The third-order valence-electron chi connectivity index (χ3n) is 3.42. The Hall–Kier alpha value is -3.35. The van der Waals surface area contributed by atoms with E-state index in [-0.39, 0.29) is 11.3 Å². The molecule has 0 spiro atoms. The van der Waals surface area contributed by atoms with Crippen LogP contribution in [0.3, 0.4) is 0 Å². The SMILES string of the molecule is NC(=O)c1cccc(-c2cc3c(N)c(C(N)=O)cnn3c2)c1. The molecular formula is C15H13N5O2. The van der Waals surface area contributed by atoms with E-state index >= 15 is 0 Å². The molecule has 1 aromatic carbocycles. The summed E-state index contributed by atoms with van der Waals surface area (Å²) in [4.78, 5) is 22.6. The van der Waals surface area contributed by atoms with Gasteiger partial charge in [-0.1, -0.05) is 12.1 Å². The molecule has 0 saturated carbocycles. The highest BCUT2D eigenvalue weighted by Gasteiger charge is 2.13. The Labute approximate surface area is 125 Å². The number of amides is 2. The van der Waals surface area contributed by atoms with Crippen LogP contribution in [-0.4, -0.2) is 21.4 Å². The van der Waals surface area contributed by atoms with E-state index in [1.807, 2.05) is 6.07 Å². The first kappa shape index (κ1) is 13.6. The quantitative estimate of drug-likeness (QED) is 0.659. The van der Waals surface area contributed by atoms with Gasteiger partial charge in [-0.2, -0.15) is 5.10 Å². The molecule has 0 unspecified atom stereocenters. The summed E-state index contributed by atoms with van der Waals surface area (Å²) >= 11 is 0. The van der Waals surface area contributed by atoms with E-state index in [0.29, 0.717) is 11.1 Å². The number of nitrogens with zero attached hydrogens (tertiary/aromatic N) is 2. The van der Waals surface area contributed by atoms with Crippen molar-refractivity contribution in [1.82, 2.24) is 9.61 Å². The van der Waals surface area contributed by atoms with Gasteiger partial charge in [0.05, 0.1) is 23.0 Å². The number of benzene rings is 1. The lowest BCUT2D eigenvalue weighted by molar-refractivity contribution is 0.0992. The molecule has 6 N–H and O–H groups in total. The van der Waals surface area contributed by atoms with E-state index in [4.69, 9.17) is 17.2 Å². The van der Waals surface area contributed by atoms with Gasteiger partial charge in [-0.3, -0.25) is 9.59 Å². The zero-order valence-electron chi connectivity index (χ0n) is 11.5. The molecule has 0 aliphatic rings. The van der Waals surface area contributed by atoms with E-state index < -0.39 is 11.8 Å². The van der Waals surface area contributed by atoms with Crippen LogP contribution in [0.1, 0.15) is 20.7 Å². The van der Waals surface area contributed by atoms with Gasteiger partial charge in [0.25, 0.3) is 5.91 Å². The number of anilines is 1. The van der Waals surface area contributed by atoms with Crippen molar-refractivity contribution in [3.05, 3.63) is 53.9 Å². The third kappa shape index (κ3) is 2.14. The van der Waals surface area contributed by atoms with Crippen LogP contribution >= 0.6 is 0 Å². The second-order valence-corrected chi connectivity index (χ2v) is 4.84. The first-order valence-electron chi connectivity index (χ1n) is 6.44. The highest BCUT2D eigenvalue weighted by molar-refractivity contribution is 6.01. The highest BCUT2D eigenvalue weighted by Crippen LogP contribution is 2.27. The van der Waals surface area contributed by atoms with Gasteiger partial charge >= 0.3 is 0 Å². The van der Waals surface area contributed by atoms with Gasteiger partial charge in [0.1, 0.15) is 0 Å². The van der Waals surface area contributed by atoms with E-state index in [0.717, 1.165) is 11.1 Å². The lowest BCUT2D eigenvalue weighted by atomic mass is 10.1. The largest absolute Gasteiger partial charge is 0.396 e. The molecule has 3 aromatic rings. The molecule has 0 radical (unpaired) electrons. The third-order valence-corrected chi connectivity index (χ3v) is 3.42. The van der Waals surface area contributed by atoms with Gasteiger partial charge in [-0.05, 0) is 23.8 Å². The Morgan fingerprint density at radius 1 is 1.05 bits per heavy atom. The Morgan fingerprint density at radius 2 is 1.82 bits per heavy atom. The molecule has 2 aromatic heterocycles. The summed E-state index contributed by atoms with van der Waals surface area (Å²) in [5.74, 6) is -1.13. The van der Waals surface area contributed by atoms with Gasteiger partial charge in [0.2, 0.25) is 5.91 Å². The number of fused-ring (bicyclic) bond motifs is 1. The summed E-state index contributed by atoms with van der Waals surface area (Å²) in [5, 5.41) is 4.11. The molecule has 22 heavy (non-hydrogen) atoms. The number of carbonyl (C=O) groups excluding carboxylic acids is 2. The molecular weight excluding hydrogens is 282 g/mol. The zero-order valence-corrected chi connectivity index (χ0v) is 11.5. The average Bonchev–Trinajstić information content (AvgIpc) is 2.92. The van der Waals surface area contributed by atoms with Crippen LogP contribution in [0.5, 0.6) is 0 Å². The number of rotatable bonds is 3. The number of hydrogen-bond acceptors (Lipinski definition) is 4. The molecule has 0 aliphatic heterocycles. The van der Waals surface area contributed by atoms with Crippen LogP contribution in [0, 0.1) is 0 Å². The number of carbonyl (C=O) groups is 2. The van der Waals surface area contributed by atoms with Gasteiger partial charge < -0.3 is 17.2 Å². The number of nitrogen functional groups attached to an aromatic ring is 1. The standard InChI is InChI=1S/C15H13N5O2/c16-13-11(15(18)22)6-19-20-7-10(5-12(13)20)8-2-1-3-9(4-8)14(17)21/h1-7H,16H2,(H2,17,21)(H2,18,22). The van der Waals surface area contributed by atoms with E-state index in [1.54, 1.807) is 35.0 Å². The summed E-state index contributed by atoms with van der Waals surface area (Å²) in [6, 6.07) is 8.67. The summed E-state index contributed by atoms with van der Waals surface area (Å²) in [6.45, 7) is 0. The predicted octanol–water partition coefficient (Wildman–Crippen LogP) is 0.781. The van der Waals surface area contributed by atoms with E-state index in [2.05, 4.69) is 5.10 Å². The van der Waals surface area contributed by atoms with Gasteiger partial charge in [0, 0.05) is 17.3 Å². The fourth-order valence-electron chi connectivity index (χ4n) is 2.28. The molecule has 0 saturated heterocycles. The van der Waals surface area contributed by atoms with Crippen molar-refractivity contribution in [2.75, 3.05) is 5.73 Å². The van der Waals surface area contributed by atoms with Crippen molar-refractivity contribution in [3.63, 3.8) is 0 Å². The van der Waals surface area contributed by atoms with Gasteiger partial charge in [0.15, 0.2) is 0 Å². The number of primary amides is 2. The van der Waals surface area contributed by atoms with Crippen LogP contribution in [-0.2, 0) is 0 Å². The molecule has 2 heterocycles. The topological polar surface area (TPSA) is 130 Å². The second kappa shape index (κ2) is 4.88. The molecule has 0 bridgehead atoms. The van der Waals surface area contributed by atoms with E-state index in [1.165, 1.54) is 6.20 Å². The zero-order chi connectivity index (χ0) is 15.9. The van der Waals surface area contributed by atoms with Crippen molar-refractivity contribution >= 4 is 23.0 Å². The van der Waals surface area contributed by atoms with Crippen molar-refractivity contribution in [2.45, 2.75) is 0 Å². The second-order valence-electron chi connectivity index (χ2n) is 4.84.